The maximum absolute atomic E-state index is 11.3. The highest BCUT2D eigenvalue weighted by Gasteiger charge is 2.31. The van der Waals surface area contributed by atoms with Gasteiger partial charge in [0.15, 0.2) is 0 Å². The van der Waals surface area contributed by atoms with Crippen LogP contribution in [0.1, 0.15) is 12.5 Å². The van der Waals surface area contributed by atoms with Crippen LogP contribution in [0.2, 0.25) is 0 Å². The summed E-state index contributed by atoms with van der Waals surface area (Å²) >= 11 is 0. The number of aromatic nitrogens is 2. The minimum Gasteiger partial charge on any atom is -0.378 e. The van der Waals surface area contributed by atoms with E-state index in [4.69, 9.17) is 5.73 Å². The molecule has 1 atom stereocenters. The van der Waals surface area contributed by atoms with E-state index < -0.39 is 4.92 Å². The van der Waals surface area contributed by atoms with Gasteiger partial charge in [-0.2, -0.15) is 0 Å². The fourth-order valence-electron chi connectivity index (χ4n) is 3.13. The molecule has 2 N–H and O–H groups in total. The van der Waals surface area contributed by atoms with Crippen molar-refractivity contribution in [1.29, 1.82) is 0 Å². The summed E-state index contributed by atoms with van der Waals surface area (Å²) in [7, 11) is 0. The third kappa shape index (κ3) is 2.94. The third-order valence-electron chi connectivity index (χ3n) is 4.27. The summed E-state index contributed by atoms with van der Waals surface area (Å²) in [6, 6.07) is 8.54. The number of hydrogen-bond donors (Lipinski definition) is 1. The Morgan fingerprint density at radius 2 is 2.12 bits per heavy atom. The highest BCUT2D eigenvalue weighted by Crippen LogP contribution is 2.32. The molecule has 126 valence electrons. The number of nitrogens with zero attached hydrogens (tertiary/aromatic N) is 5. The van der Waals surface area contributed by atoms with Gasteiger partial charge in [-0.25, -0.2) is 9.97 Å². The molecule has 3 rings (SSSR count). The van der Waals surface area contributed by atoms with E-state index in [1.54, 1.807) is 0 Å². The van der Waals surface area contributed by atoms with Crippen molar-refractivity contribution in [2.45, 2.75) is 19.9 Å². The summed E-state index contributed by atoms with van der Waals surface area (Å²) in [6.07, 6.45) is 1.27. The highest BCUT2D eigenvalue weighted by molar-refractivity contribution is 5.69. The average Bonchev–Trinajstić information content (AvgIpc) is 2.54. The standard InChI is InChI=1S/C16H20N6O2/c1-11-4-3-5-13(8-11)21-7-6-20(9-12(21)2)16-14(22(23)24)15(17)18-10-19-16/h3-5,8,10,12H,6-7,9H2,1-2H3,(H2,17,18,19)/t12-/m1/s1. The zero-order valence-corrected chi connectivity index (χ0v) is 13.7. The molecule has 1 aromatic carbocycles. The SMILES string of the molecule is Cc1cccc(N2CCN(c3ncnc(N)c3[N+](=O)[O-])C[C@H]2C)c1. The number of hydrogen-bond acceptors (Lipinski definition) is 7. The quantitative estimate of drug-likeness (QED) is 0.679. The molecule has 0 unspecified atom stereocenters. The molecule has 0 radical (unpaired) electrons. The minimum absolute atomic E-state index is 0.0984. The summed E-state index contributed by atoms with van der Waals surface area (Å²) in [5.41, 5.74) is 7.83. The van der Waals surface area contributed by atoms with E-state index in [0.717, 1.165) is 6.54 Å². The Morgan fingerprint density at radius 1 is 1.33 bits per heavy atom. The largest absolute Gasteiger partial charge is 0.378 e. The molecule has 1 saturated heterocycles. The van der Waals surface area contributed by atoms with Gasteiger partial charge in [-0.05, 0) is 31.5 Å². The molecule has 1 aromatic heterocycles. The summed E-state index contributed by atoms with van der Waals surface area (Å²) in [5, 5.41) is 11.3. The highest BCUT2D eigenvalue weighted by atomic mass is 16.6. The van der Waals surface area contributed by atoms with Gasteiger partial charge < -0.3 is 15.5 Å². The van der Waals surface area contributed by atoms with Gasteiger partial charge in [-0.1, -0.05) is 12.1 Å². The van der Waals surface area contributed by atoms with Crippen LogP contribution in [0.25, 0.3) is 0 Å². The fourth-order valence-corrected chi connectivity index (χ4v) is 3.13. The van der Waals surface area contributed by atoms with Crippen LogP contribution in [0.5, 0.6) is 0 Å². The van der Waals surface area contributed by atoms with Crippen molar-refractivity contribution in [1.82, 2.24) is 9.97 Å². The number of piperazine rings is 1. The van der Waals surface area contributed by atoms with Crippen molar-refractivity contribution >= 4 is 23.0 Å². The molecule has 8 heteroatoms. The van der Waals surface area contributed by atoms with Crippen LogP contribution >= 0.6 is 0 Å². The van der Waals surface area contributed by atoms with E-state index in [0.29, 0.717) is 18.9 Å². The van der Waals surface area contributed by atoms with Crippen molar-refractivity contribution in [3.05, 3.63) is 46.3 Å². The smallest absolute Gasteiger partial charge is 0.353 e. The lowest BCUT2D eigenvalue weighted by Crippen LogP contribution is -2.52. The van der Waals surface area contributed by atoms with Gasteiger partial charge in [0.1, 0.15) is 6.33 Å². The molecular formula is C16H20N6O2. The molecule has 2 heterocycles. The summed E-state index contributed by atoms with van der Waals surface area (Å²) in [6.45, 7) is 6.19. The first kappa shape index (κ1) is 16.0. The van der Waals surface area contributed by atoms with Crippen LogP contribution in [0, 0.1) is 17.0 Å². The van der Waals surface area contributed by atoms with Gasteiger partial charge in [0.05, 0.1) is 4.92 Å². The lowest BCUT2D eigenvalue weighted by molar-refractivity contribution is -0.383. The lowest BCUT2D eigenvalue weighted by Gasteiger charge is -2.41. The van der Waals surface area contributed by atoms with Crippen molar-refractivity contribution < 1.29 is 4.92 Å². The van der Waals surface area contributed by atoms with Gasteiger partial charge in [0.25, 0.3) is 0 Å². The van der Waals surface area contributed by atoms with Crippen LogP contribution < -0.4 is 15.5 Å². The van der Waals surface area contributed by atoms with E-state index in [1.165, 1.54) is 17.6 Å². The van der Waals surface area contributed by atoms with Gasteiger partial charge in [-0.3, -0.25) is 10.1 Å². The van der Waals surface area contributed by atoms with Crippen molar-refractivity contribution in [2.24, 2.45) is 0 Å². The average molecular weight is 328 g/mol. The number of nitro groups is 1. The van der Waals surface area contributed by atoms with Gasteiger partial charge in [0, 0.05) is 31.4 Å². The second-order valence-corrected chi connectivity index (χ2v) is 6.02. The van der Waals surface area contributed by atoms with Gasteiger partial charge in [0.2, 0.25) is 11.6 Å². The van der Waals surface area contributed by atoms with Crippen LogP contribution in [0.4, 0.5) is 23.0 Å². The Labute approximate surface area is 140 Å². The van der Waals surface area contributed by atoms with Crippen LogP contribution in [0.3, 0.4) is 0 Å². The van der Waals surface area contributed by atoms with Crippen LogP contribution in [0.15, 0.2) is 30.6 Å². The predicted molar refractivity (Wildman–Crippen MR) is 93.3 cm³/mol. The second-order valence-electron chi connectivity index (χ2n) is 6.02. The number of anilines is 3. The predicted octanol–water partition coefficient (Wildman–Crippen LogP) is 1.99. The monoisotopic (exact) mass is 328 g/mol. The maximum Gasteiger partial charge on any atom is 0.353 e. The Balaban J connectivity index is 1.84. The molecule has 8 nitrogen and oxygen atoms in total. The maximum atomic E-state index is 11.3. The number of aryl methyl sites for hydroxylation is 1. The normalized spacial score (nSPS) is 17.8. The van der Waals surface area contributed by atoms with E-state index in [-0.39, 0.29) is 17.5 Å². The summed E-state index contributed by atoms with van der Waals surface area (Å²) in [5.74, 6) is 0.196. The lowest BCUT2D eigenvalue weighted by atomic mass is 10.1. The summed E-state index contributed by atoms with van der Waals surface area (Å²) in [4.78, 5) is 22.8. The Hall–Kier alpha value is -2.90. The van der Waals surface area contributed by atoms with Crippen LogP contribution in [-0.2, 0) is 0 Å². The number of benzene rings is 1. The molecule has 0 bridgehead atoms. The van der Waals surface area contributed by atoms with E-state index in [9.17, 15) is 10.1 Å². The number of nitrogen functional groups attached to an aromatic ring is 1. The second kappa shape index (κ2) is 6.31. The van der Waals surface area contributed by atoms with Crippen LogP contribution in [-0.4, -0.2) is 40.6 Å². The Kier molecular flexibility index (Phi) is 4.20. The molecule has 0 amide bonds. The Bertz CT molecular complexity index is 766. The summed E-state index contributed by atoms with van der Waals surface area (Å²) < 4.78 is 0. The molecule has 1 fully saturated rings. The zero-order valence-electron chi connectivity index (χ0n) is 13.7. The number of nitrogens with two attached hydrogens (primary N) is 1. The van der Waals surface area contributed by atoms with E-state index >= 15 is 0 Å². The molecule has 0 spiro atoms. The van der Waals surface area contributed by atoms with E-state index in [1.807, 2.05) is 11.0 Å². The first-order valence-corrected chi connectivity index (χ1v) is 7.80. The van der Waals surface area contributed by atoms with Gasteiger partial charge >= 0.3 is 5.69 Å². The zero-order chi connectivity index (χ0) is 17.3. The van der Waals surface area contributed by atoms with E-state index in [2.05, 4.69) is 46.9 Å². The minimum atomic E-state index is -0.512. The first-order chi connectivity index (χ1) is 11.5. The topological polar surface area (TPSA) is 101 Å². The van der Waals surface area contributed by atoms with Crippen molar-refractivity contribution in [3.63, 3.8) is 0 Å². The molecule has 1 aliphatic rings. The molecule has 0 saturated carbocycles. The third-order valence-corrected chi connectivity index (χ3v) is 4.27. The van der Waals surface area contributed by atoms with Crippen molar-refractivity contribution in [2.75, 3.05) is 35.2 Å². The first-order valence-electron chi connectivity index (χ1n) is 7.80. The molecule has 24 heavy (non-hydrogen) atoms. The molecule has 2 aromatic rings. The van der Waals surface area contributed by atoms with Gasteiger partial charge in [-0.15, -0.1) is 0 Å². The number of rotatable bonds is 3. The molecular weight excluding hydrogens is 308 g/mol. The molecule has 0 aliphatic carbocycles. The van der Waals surface area contributed by atoms with Crippen molar-refractivity contribution in [3.8, 4) is 0 Å². The Morgan fingerprint density at radius 3 is 2.79 bits per heavy atom. The molecule has 1 aliphatic heterocycles. The fraction of sp³-hybridized carbons (Fsp3) is 0.375.